The Morgan fingerprint density at radius 2 is 2.09 bits per heavy atom. The molecule has 0 aliphatic carbocycles. The molecule has 6 nitrogen and oxygen atoms in total. The molecular weight excluding hydrogens is 341 g/mol. The van der Waals surface area contributed by atoms with Crippen molar-refractivity contribution in [2.45, 2.75) is 19.9 Å². The number of H-pyrrole nitrogens is 1. The number of halogens is 2. The minimum atomic E-state index is -0.500. The Kier molecular flexibility index (Phi) is 6.12. The predicted molar refractivity (Wildman–Crippen MR) is 91.0 cm³/mol. The Balaban J connectivity index is 2.18. The summed E-state index contributed by atoms with van der Waals surface area (Å²) in [4.78, 5) is 11.5. The number of benzene rings is 1. The quantitative estimate of drug-likeness (QED) is 0.793. The van der Waals surface area contributed by atoms with Gasteiger partial charge in [-0.3, -0.25) is 4.79 Å². The van der Waals surface area contributed by atoms with E-state index in [4.69, 9.17) is 32.7 Å². The van der Waals surface area contributed by atoms with Crippen LogP contribution in [0, 0.1) is 0 Å². The maximum Gasteiger partial charge on any atom is 0.285 e. The van der Waals surface area contributed by atoms with Crippen molar-refractivity contribution in [2.24, 2.45) is 0 Å². The molecule has 0 radical (unpaired) electrons. The van der Waals surface area contributed by atoms with Crippen molar-refractivity contribution in [1.82, 2.24) is 10.2 Å². The number of anilines is 1. The van der Waals surface area contributed by atoms with Crippen molar-refractivity contribution in [3.8, 4) is 11.5 Å². The van der Waals surface area contributed by atoms with E-state index in [1.54, 1.807) is 7.11 Å². The zero-order valence-corrected chi connectivity index (χ0v) is 14.3. The molecule has 0 aliphatic rings. The first-order valence-electron chi connectivity index (χ1n) is 7.04. The van der Waals surface area contributed by atoms with Crippen LogP contribution in [0.1, 0.15) is 18.9 Å². The van der Waals surface area contributed by atoms with Crippen molar-refractivity contribution < 1.29 is 9.47 Å². The topological polar surface area (TPSA) is 76.2 Å². The number of methoxy groups -OCH3 is 1. The van der Waals surface area contributed by atoms with Gasteiger partial charge in [0.1, 0.15) is 5.02 Å². The lowest BCUT2D eigenvalue weighted by molar-refractivity contribution is 0.294. The molecule has 0 atom stereocenters. The highest BCUT2D eigenvalue weighted by molar-refractivity contribution is 6.38. The molecule has 2 aromatic rings. The molecule has 0 fully saturated rings. The van der Waals surface area contributed by atoms with Crippen molar-refractivity contribution in [3.63, 3.8) is 0 Å². The fourth-order valence-corrected chi connectivity index (χ4v) is 2.36. The van der Waals surface area contributed by atoms with Gasteiger partial charge < -0.3 is 14.8 Å². The fourth-order valence-electron chi connectivity index (χ4n) is 1.91. The van der Waals surface area contributed by atoms with E-state index < -0.39 is 5.56 Å². The second-order valence-electron chi connectivity index (χ2n) is 4.72. The van der Waals surface area contributed by atoms with E-state index in [-0.39, 0.29) is 10.2 Å². The molecule has 0 bridgehead atoms. The highest BCUT2D eigenvalue weighted by Gasteiger charge is 2.11. The first-order chi connectivity index (χ1) is 11.1. The maximum absolute atomic E-state index is 11.5. The van der Waals surface area contributed by atoms with E-state index in [9.17, 15) is 4.79 Å². The van der Waals surface area contributed by atoms with E-state index in [1.807, 2.05) is 25.1 Å². The first-order valence-corrected chi connectivity index (χ1v) is 7.79. The third-order valence-electron chi connectivity index (χ3n) is 3.04. The number of nitrogens with one attached hydrogen (secondary N) is 2. The Hall–Kier alpha value is -1.92. The molecule has 0 spiro atoms. The summed E-state index contributed by atoms with van der Waals surface area (Å²) in [6, 6.07) is 5.57. The minimum absolute atomic E-state index is 0.0269. The fraction of sp³-hybridized carbons (Fsp3) is 0.333. The second kappa shape index (κ2) is 8.08. The van der Waals surface area contributed by atoms with Crippen LogP contribution in [0.4, 0.5) is 5.69 Å². The number of aromatic amines is 1. The minimum Gasteiger partial charge on any atom is -0.493 e. The predicted octanol–water partition coefficient (Wildman–Crippen LogP) is 3.49. The van der Waals surface area contributed by atoms with Gasteiger partial charge in [0.15, 0.2) is 16.7 Å². The Labute approximate surface area is 143 Å². The molecule has 0 aliphatic heterocycles. The van der Waals surface area contributed by atoms with Gasteiger partial charge in [0.05, 0.1) is 19.4 Å². The largest absolute Gasteiger partial charge is 0.493 e. The molecule has 0 saturated heterocycles. The van der Waals surface area contributed by atoms with Gasteiger partial charge in [0, 0.05) is 6.54 Å². The van der Waals surface area contributed by atoms with Crippen LogP contribution in [0.2, 0.25) is 10.2 Å². The van der Waals surface area contributed by atoms with E-state index in [0.29, 0.717) is 30.3 Å². The number of hydrogen-bond donors (Lipinski definition) is 2. The van der Waals surface area contributed by atoms with Crippen LogP contribution in [0.25, 0.3) is 0 Å². The smallest absolute Gasteiger partial charge is 0.285 e. The molecule has 0 saturated carbocycles. The van der Waals surface area contributed by atoms with Crippen molar-refractivity contribution in [3.05, 3.63) is 44.3 Å². The molecule has 0 amide bonds. The number of ether oxygens (including phenoxy) is 2. The highest BCUT2D eigenvalue weighted by atomic mass is 35.5. The van der Waals surface area contributed by atoms with Gasteiger partial charge in [-0.1, -0.05) is 36.2 Å². The average molecular weight is 358 g/mol. The summed E-state index contributed by atoms with van der Waals surface area (Å²) in [6.45, 7) is 3.03. The second-order valence-corrected chi connectivity index (χ2v) is 5.46. The van der Waals surface area contributed by atoms with Crippen LogP contribution in [-0.4, -0.2) is 23.9 Å². The molecule has 2 rings (SSSR count). The lowest BCUT2D eigenvalue weighted by Gasteiger charge is -2.13. The van der Waals surface area contributed by atoms with Crippen LogP contribution in [-0.2, 0) is 6.54 Å². The summed E-state index contributed by atoms with van der Waals surface area (Å²) in [5.41, 5.74) is 0.716. The van der Waals surface area contributed by atoms with Gasteiger partial charge in [-0.2, -0.15) is 5.10 Å². The van der Waals surface area contributed by atoms with Gasteiger partial charge in [-0.05, 0) is 24.1 Å². The van der Waals surface area contributed by atoms with E-state index in [2.05, 4.69) is 15.5 Å². The lowest BCUT2D eigenvalue weighted by Crippen LogP contribution is -2.13. The van der Waals surface area contributed by atoms with Gasteiger partial charge in [0.25, 0.3) is 5.56 Å². The lowest BCUT2D eigenvalue weighted by atomic mass is 10.2. The summed E-state index contributed by atoms with van der Waals surface area (Å²) in [5.74, 6) is 1.32. The zero-order chi connectivity index (χ0) is 16.8. The van der Waals surface area contributed by atoms with E-state index in [0.717, 1.165) is 12.0 Å². The zero-order valence-electron chi connectivity index (χ0n) is 12.8. The van der Waals surface area contributed by atoms with Crippen molar-refractivity contribution >= 4 is 28.9 Å². The molecule has 1 heterocycles. The maximum atomic E-state index is 11.5. The Morgan fingerprint density at radius 1 is 1.30 bits per heavy atom. The SMILES string of the molecule is CCCOc1cc(CNc2c(Cl)n[nH]c(=O)c2Cl)ccc1OC. The number of nitrogens with zero attached hydrogens (tertiary/aromatic N) is 1. The summed E-state index contributed by atoms with van der Waals surface area (Å²) < 4.78 is 10.9. The third kappa shape index (κ3) is 4.30. The van der Waals surface area contributed by atoms with E-state index >= 15 is 0 Å². The van der Waals surface area contributed by atoms with Crippen LogP contribution in [0.15, 0.2) is 23.0 Å². The summed E-state index contributed by atoms with van der Waals surface area (Å²) >= 11 is 11.9. The van der Waals surface area contributed by atoms with E-state index in [1.165, 1.54) is 0 Å². The van der Waals surface area contributed by atoms with Crippen LogP contribution >= 0.6 is 23.2 Å². The van der Waals surface area contributed by atoms with Gasteiger partial charge in [-0.25, -0.2) is 5.10 Å². The van der Waals surface area contributed by atoms with Crippen molar-refractivity contribution in [1.29, 1.82) is 0 Å². The Morgan fingerprint density at radius 3 is 2.78 bits per heavy atom. The number of aromatic nitrogens is 2. The normalized spacial score (nSPS) is 10.4. The standard InChI is InChI=1S/C15H17Cl2N3O3/c1-3-6-23-11-7-9(4-5-10(11)22-2)8-18-13-12(16)15(21)20-19-14(13)17/h4-5,7H,3,6,8H2,1-2H3,(H2,18,20,21). The molecule has 0 unspecified atom stereocenters. The molecule has 1 aromatic carbocycles. The van der Waals surface area contributed by atoms with Gasteiger partial charge in [-0.15, -0.1) is 0 Å². The first kappa shape index (κ1) is 17.4. The molecular formula is C15H17Cl2N3O3. The summed E-state index contributed by atoms with van der Waals surface area (Å²) in [7, 11) is 1.59. The molecule has 1 aromatic heterocycles. The van der Waals surface area contributed by atoms with Crippen LogP contribution < -0.4 is 20.3 Å². The third-order valence-corrected chi connectivity index (χ3v) is 3.67. The molecule has 2 N–H and O–H groups in total. The Bertz CT molecular complexity index is 734. The number of rotatable bonds is 7. The monoisotopic (exact) mass is 357 g/mol. The summed E-state index contributed by atoms with van der Waals surface area (Å²) in [5, 5.41) is 8.97. The molecule has 23 heavy (non-hydrogen) atoms. The molecule has 8 heteroatoms. The summed E-state index contributed by atoms with van der Waals surface area (Å²) in [6.07, 6.45) is 0.898. The average Bonchev–Trinajstić information content (AvgIpc) is 2.56. The van der Waals surface area contributed by atoms with Gasteiger partial charge in [0.2, 0.25) is 0 Å². The van der Waals surface area contributed by atoms with Crippen LogP contribution in [0.5, 0.6) is 11.5 Å². The van der Waals surface area contributed by atoms with Crippen molar-refractivity contribution in [2.75, 3.05) is 19.0 Å². The highest BCUT2D eigenvalue weighted by Crippen LogP contribution is 2.29. The number of hydrogen-bond acceptors (Lipinski definition) is 5. The molecule has 124 valence electrons. The van der Waals surface area contributed by atoms with Gasteiger partial charge >= 0.3 is 0 Å². The van der Waals surface area contributed by atoms with Crippen LogP contribution in [0.3, 0.4) is 0 Å².